The highest BCUT2D eigenvalue weighted by molar-refractivity contribution is 5.86. The van der Waals surface area contributed by atoms with Crippen molar-refractivity contribution in [1.29, 1.82) is 0 Å². The first-order chi connectivity index (χ1) is 6.30. The van der Waals surface area contributed by atoms with E-state index in [0.717, 1.165) is 13.2 Å². The molecule has 0 bridgehead atoms. The lowest BCUT2D eigenvalue weighted by atomic mass is 10.4. The quantitative estimate of drug-likeness (QED) is 0.722. The average molecular weight is 184 g/mol. The Kier molecular flexibility index (Phi) is 4.05. The maximum absolute atomic E-state index is 10.0. The van der Waals surface area contributed by atoms with Crippen LogP contribution >= 0.6 is 0 Å². The second kappa shape index (κ2) is 5.37. The predicted octanol–water partition coefficient (Wildman–Crippen LogP) is 1.77. The summed E-state index contributed by atoms with van der Waals surface area (Å²) in [5.74, 6) is -0.959. The standard InChI is InChI=1S/C5H4O3.C4H8O/c6-5(7)4-1-2-8-3-4;1-2-4-5-3-1/h1-3H,(H,6,7);1-4H2. The number of furan rings is 1. The van der Waals surface area contributed by atoms with Gasteiger partial charge >= 0.3 is 5.97 Å². The molecule has 4 nitrogen and oxygen atoms in total. The molecule has 2 heterocycles. The minimum absolute atomic E-state index is 0.185. The van der Waals surface area contributed by atoms with Crippen molar-refractivity contribution in [2.75, 3.05) is 13.2 Å². The van der Waals surface area contributed by atoms with E-state index in [-0.39, 0.29) is 5.56 Å². The Labute approximate surface area is 76.1 Å². The molecule has 0 radical (unpaired) electrons. The summed E-state index contributed by atoms with van der Waals surface area (Å²) in [6.45, 7) is 2.00. The number of aromatic carboxylic acids is 1. The van der Waals surface area contributed by atoms with Crippen molar-refractivity contribution >= 4 is 5.97 Å². The van der Waals surface area contributed by atoms with Gasteiger partial charge in [-0.05, 0) is 18.9 Å². The van der Waals surface area contributed by atoms with Crippen LogP contribution in [-0.4, -0.2) is 24.3 Å². The van der Waals surface area contributed by atoms with Gasteiger partial charge in [0, 0.05) is 13.2 Å². The van der Waals surface area contributed by atoms with E-state index in [9.17, 15) is 4.79 Å². The monoisotopic (exact) mass is 184 g/mol. The number of carboxylic acid groups (broad SMARTS) is 1. The van der Waals surface area contributed by atoms with E-state index in [1.54, 1.807) is 0 Å². The normalized spacial score (nSPS) is 14.8. The number of hydrogen-bond acceptors (Lipinski definition) is 3. The van der Waals surface area contributed by atoms with Crippen molar-refractivity contribution < 1.29 is 19.1 Å². The zero-order chi connectivity index (χ0) is 9.52. The van der Waals surface area contributed by atoms with E-state index in [0.29, 0.717) is 0 Å². The van der Waals surface area contributed by atoms with E-state index >= 15 is 0 Å². The smallest absolute Gasteiger partial charge is 0.338 e. The summed E-state index contributed by atoms with van der Waals surface area (Å²) >= 11 is 0. The molecule has 72 valence electrons. The molecule has 4 heteroatoms. The first-order valence-electron chi connectivity index (χ1n) is 4.14. The Bertz CT molecular complexity index is 229. The van der Waals surface area contributed by atoms with Gasteiger partial charge in [-0.15, -0.1) is 0 Å². The average Bonchev–Trinajstić information content (AvgIpc) is 2.82. The van der Waals surface area contributed by atoms with Gasteiger partial charge in [0.2, 0.25) is 0 Å². The molecule has 0 saturated carbocycles. The third-order valence-corrected chi connectivity index (χ3v) is 1.60. The summed E-state index contributed by atoms with van der Waals surface area (Å²) in [5.41, 5.74) is 0.185. The molecular weight excluding hydrogens is 172 g/mol. The van der Waals surface area contributed by atoms with Gasteiger partial charge in [0.05, 0.1) is 11.8 Å². The van der Waals surface area contributed by atoms with Crippen LogP contribution in [0.2, 0.25) is 0 Å². The van der Waals surface area contributed by atoms with Crippen LogP contribution in [0.5, 0.6) is 0 Å². The maximum Gasteiger partial charge on any atom is 0.338 e. The van der Waals surface area contributed by atoms with Crippen molar-refractivity contribution in [3.63, 3.8) is 0 Å². The minimum Gasteiger partial charge on any atom is -0.478 e. The highest BCUT2D eigenvalue weighted by Gasteiger charge is 2.00. The zero-order valence-corrected chi connectivity index (χ0v) is 7.23. The predicted molar refractivity (Wildman–Crippen MR) is 45.7 cm³/mol. The molecule has 0 aliphatic carbocycles. The van der Waals surface area contributed by atoms with E-state index in [4.69, 9.17) is 9.84 Å². The third kappa shape index (κ3) is 3.75. The molecule has 0 spiro atoms. The maximum atomic E-state index is 10.0. The summed E-state index contributed by atoms with van der Waals surface area (Å²) in [6.07, 6.45) is 5.06. The zero-order valence-electron chi connectivity index (χ0n) is 7.23. The largest absolute Gasteiger partial charge is 0.478 e. The fourth-order valence-electron chi connectivity index (χ4n) is 0.896. The van der Waals surface area contributed by atoms with Crippen molar-refractivity contribution in [3.05, 3.63) is 24.2 Å². The lowest BCUT2D eigenvalue weighted by Crippen LogP contribution is -1.90. The van der Waals surface area contributed by atoms with Crippen LogP contribution in [0.3, 0.4) is 0 Å². The Morgan fingerprint density at radius 3 is 2.31 bits per heavy atom. The lowest BCUT2D eigenvalue weighted by Gasteiger charge is -1.77. The molecule has 1 aromatic rings. The molecule has 1 fully saturated rings. The van der Waals surface area contributed by atoms with Crippen molar-refractivity contribution in [2.45, 2.75) is 12.8 Å². The van der Waals surface area contributed by atoms with E-state index in [2.05, 4.69) is 4.42 Å². The Morgan fingerprint density at radius 1 is 1.38 bits per heavy atom. The van der Waals surface area contributed by atoms with Crippen molar-refractivity contribution in [1.82, 2.24) is 0 Å². The van der Waals surface area contributed by atoms with Crippen LogP contribution in [-0.2, 0) is 4.74 Å². The first-order valence-corrected chi connectivity index (χ1v) is 4.14. The van der Waals surface area contributed by atoms with Crippen LogP contribution in [0.25, 0.3) is 0 Å². The highest BCUT2D eigenvalue weighted by atomic mass is 16.5. The van der Waals surface area contributed by atoms with Gasteiger partial charge in [0.1, 0.15) is 6.26 Å². The van der Waals surface area contributed by atoms with E-state index in [1.807, 2.05) is 0 Å². The Hall–Kier alpha value is -1.29. The molecular formula is C9H12O4. The number of carboxylic acids is 1. The molecule has 1 saturated heterocycles. The Balaban J connectivity index is 0.000000145. The number of hydrogen-bond donors (Lipinski definition) is 1. The molecule has 0 unspecified atom stereocenters. The summed E-state index contributed by atoms with van der Waals surface area (Å²) in [7, 11) is 0. The second-order valence-corrected chi connectivity index (χ2v) is 2.64. The van der Waals surface area contributed by atoms with Gasteiger partial charge in [0.25, 0.3) is 0 Å². The van der Waals surface area contributed by atoms with Crippen LogP contribution in [0.4, 0.5) is 0 Å². The number of carbonyl (C=O) groups is 1. The molecule has 0 aromatic carbocycles. The van der Waals surface area contributed by atoms with Crippen LogP contribution in [0.15, 0.2) is 23.0 Å². The van der Waals surface area contributed by atoms with Gasteiger partial charge in [0.15, 0.2) is 0 Å². The van der Waals surface area contributed by atoms with Crippen molar-refractivity contribution in [2.24, 2.45) is 0 Å². The topological polar surface area (TPSA) is 59.7 Å². The van der Waals surface area contributed by atoms with Crippen LogP contribution in [0, 0.1) is 0 Å². The number of rotatable bonds is 1. The van der Waals surface area contributed by atoms with Crippen molar-refractivity contribution in [3.8, 4) is 0 Å². The lowest BCUT2D eigenvalue weighted by molar-refractivity contribution is 0.0696. The van der Waals surface area contributed by atoms with Gasteiger partial charge in [-0.1, -0.05) is 0 Å². The molecule has 1 aromatic heterocycles. The fraction of sp³-hybridized carbons (Fsp3) is 0.444. The summed E-state index contributed by atoms with van der Waals surface area (Å²) in [6, 6.07) is 1.39. The van der Waals surface area contributed by atoms with Gasteiger partial charge in [-0.25, -0.2) is 4.79 Å². The molecule has 0 atom stereocenters. The van der Waals surface area contributed by atoms with E-state index in [1.165, 1.54) is 31.4 Å². The molecule has 1 aliphatic rings. The molecule has 0 amide bonds. The van der Waals surface area contributed by atoms with Gasteiger partial charge < -0.3 is 14.3 Å². The second-order valence-electron chi connectivity index (χ2n) is 2.64. The number of ether oxygens (including phenoxy) is 1. The van der Waals surface area contributed by atoms with Crippen LogP contribution in [0.1, 0.15) is 23.2 Å². The summed E-state index contributed by atoms with van der Waals surface area (Å²) in [5, 5.41) is 8.21. The Morgan fingerprint density at radius 2 is 2.08 bits per heavy atom. The highest BCUT2D eigenvalue weighted by Crippen LogP contribution is 1.98. The fourth-order valence-corrected chi connectivity index (χ4v) is 0.896. The molecule has 1 aliphatic heterocycles. The SMILES string of the molecule is C1CCOC1.O=C(O)c1ccoc1. The molecule has 13 heavy (non-hydrogen) atoms. The third-order valence-electron chi connectivity index (χ3n) is 1.60. The van der Waals surface area contributed by atoms with Gasteiger partial charge in [-0.2, -0.15) is 0 Å². The van der Waals surface area contributed by atoms with E-state index < -0.39 is 5.97 Å². The molecule has 2 rings (SSSR count). The first kappa shape index (κ1) is 9.80. The molecule has 1 N–H and O–H groups in total. The minimum atomic E-state index is -0.959. The summed E-state index contributed by atoms with van der Waals surface area (Å²) in [4.78, 5) is 10.0. The van der Waals surface area contributed by atoms with Crippen LogP contribution < -0.4 is 0 Å². The van der Waals surface area contributed by atoms with Gasteiger partial charge in [-0.3, -0.25) is 0 Å². The summed E-state index contributed by atoms with van der Waals surface area (Å²) < 4.78 is 9.44.